The zero-order chi connectivity index (χ0) is 9.14. The van der Waals surface area contributed by atoms with Gasteiger partial charge in [-0.25, -0.2) is 0 Å². The fourth-order valence-corrected chi connectivity index (χ4v) is 0.983. The minimum atomic E-state index is -0.368. The summed E-state index contributed by atoms with van der Waals surface area (Å²) in [5, 5.41) is 35.7. The van der Waals surface area contributed by atoms with Crippen LogP contribution >= 0.6 is 0 Å². The van der Waals surface area contributed by atoms with E-state index < -0.39 is 0 Å². The van der Waals surface area contributed by atoms with Crippen LogP contribution in [0.5, 0.6) is 11.5 Å². The first-order valence-electron chi connectivity index (χ1n) is 3.44. The van der Waals surface area contributed by atoms with Gasteiger partial charge >= 0.3 is 0 Å². The van der Waals surface area contributed by atoms with Gasteiger partial charge in [0.2, 0.25) is 0 Å². The SMILES string of the molecule is C.OCc1cc(O)cc(CO)c1O. The van der Waals surface area contributed by atoms with Gasteiger partial charge in [0.15, 0.2) is 0 Å². The van der Waals surface area contributed by atoms with Crippen molar-refractivity contribution >= 4 is 0 Å². The van der Waals surface area contributed by atoms with E-state index in [-0.39, 0.29) is 43.3 Å². The fourth-order valence-electron chi connectivity index (χ4n) is 0.983. The smallest absolute Gasteiger partial charge is 0.126 e. The number of benzene rings is 1. The van der Waals surface area contributed by atoms with Crippen molar-refractivity contribution in [3.05, 3.63) is 23.3 Å². The first-order chi connectivity index (χ1) is 5.69. The minimum absolute atomic E-state index is 0. The van der Waals surface area contributed by atoms with Crippen LogP contribution in [-0.2, 0) is 13.2 Å². The van der Waals surface area contributed by atoms with E-state index in [9.17, 15) is 5.11 Å². The molecule has 0 saturated carbocycles. The summed E-state index contributed by atoms with van der Waals surface area (Å²) in [6, 6.07) is 2.49. The first-order valence-corrected chi connectivity index (χ1v) is 3.44. The summed E-state index contributed by atoms with van der Waals surface area (Å²) in [7, 11) is 0. The number of aliphatic hydroxyl groups is 2. The van der Waals surface area contributed by atoms with E-state index in [0.29, 0.717) is 0 Å². The van der Waals surface area contributed by atoms with Crippen molar-refractivity contribution in [2.75, 3.05) is 0 Å². The van der Waals surface area contributed by atoms with E-state index in [2.05, 4.69) is 0 Å². The third-order valence-electron chi connectivity index (χ3n) is 1.59. The van der Waals surface area contributed by atoms with Crippen LogP contribution in [0.3, 0.4) is 0 Å². The van der Waals surface area contributed by atoms with Crippen molar-refractivity contribution in [3.8, 4) is 11.5 Å². The molecule has 4 nitrogen and oxygen atoms in total. The molecule has 0 aliphatic carbocycles. The Hall–Kier alpha value is -1.26. The molecule has 0 aliphatic heterocycles. The summed E-state index contributed by atoms with van der Waals surface area (Å²) in [5.41, 5.74) is 0.415. The molecule has 13 heavy (non-hydrogen) atoms. The van der Waals surface area contributed by atoms with Crippen molar-refractivity contribution in [2.45, 2.75) is 20.6 Å². The number of hydrogen-bond acceptors (Lipinski definition) is 4. The lowest BCUT2D eigenvalue weighted by Gasteiger charge is -2.06. The first kappa shape index (κ1) is 11.7. The fraction of sp³-hybridized carbons (Fsp3) is 0.333. The van der Waals surface area contributed by atoms with Gasteiger partial charge in [-0.2, -0.15) is 0 Å². The van der Waals surface area contributed by atoms with Gasteiger partial charge in [0.25, 0.3) is 0 Å². The lowest BCUT2D eigenvalue weighted by molar-refractivity contribution is 0.262. The number of rotatable bonds is 2. The molecule has 4 N–H and O–H groups in total. The van der Waals surface area contributed by atoms with Gasteiger partial charge in [-0.15, -0.1) is 0 Å². The average molecular weight is 186 g/mol. The van der Waals surface area contributed by atoms with Crippen molar-refractivity contribution < 1.29 is 20.4 Å². The molecule has 0 aromatic heterocycles. The maximum absolute atomic E-state index is 9.28. The van der Waals surface area contributed by atoms with Crippen LogP contribution in [0.25, 0.3) is 0 Å². The van der Waals surface area contributed by atoms with Crippen molar-refractivity contribution in [1.29, 1.82) is 0 Å². The van der Waals surface area contributed by atoms with Crippen molar-refractivity contribution in [2.24, 2.45) is 0 Å². The quantitative estimate of drug-likeness (QED) is 0.513. The molecule has 0 saturated heterocycles. The van der Waals surface area contributed by atoms with Crippen LogP contribution in [0.4, 0.5) is 0 Å². The minimum Gasteiger partial charge on any atom is -0.508 e. The zero-order valence-electron chi connectivity index (χ0n) is 6.36. The standard InChI is InChI=1S/C8H10O4.CH4/c9-3-5-1-7(11)2-6(4-10)8(5)12;/h1-2,9-12H,3-4H2;1H4. The molecule has 1 aromatic carbocycles. The summed E-state index contributed by atoms with van der Waals surface area (Å²) in [6.45, 7) is -0.736. The molecule has 0 spiro atoms. The highest BCUT2D eigenvalue weighted by Gasteiger charge is 2.07. The Morgan fingerprint density at radius 3 is 1.62 bits per heavy atom. The molecule has 0 amide bonds. The Morgan fingerprint density at radius 2 is 1.31 bits per heavy atom. The summed E-state index contributed by atoms with van der Waals surface area (Å²) < 4.78 is 0. The third-order valence-corrected chi connectivity index (χ3v) is 1.59. The third kappa shape index (κ3) is 2.34. The predicted octanol–water partition coefficient (Wildman–Crippen LogP) is 0.718. The average Bonchev–Trinajstić information content (AvgIpc) is 2.08. The molecule has 0 fully saturated rings. The summed E-state index contributed by atoms with van der Waals surface area (Å²) in [5.74, 6) is -0.251. The zero-order valence-corrected chi connectivity index (χ0v) is 6.36. The van der Waals surface area contributed by atoms with E-state index in [1.807, 2.05) is 0 Å². The van der Waals surface area contributed by atoms with Crippen LogP contribution in [0.2, 0.25) is 0 Å². The van der Waals surface area contributed by atoms with Crippen LogP contribution in [-0.4, -0.2) is 20.4 Å². The van der Waals surface area contributed by atoms with E-state index in [1.54, 1.807) is 0 Å². The van der Waals surface area contributed by atoms with E-state index in [4.69, 9.17) is 15.3 Å². The van der Waals surface area contributed by atoms with Gasteiger partial charge in [0, 0.05) is 11.1 Å². The maximum Gasteiger partial charge on any atom is 0.126 e. The second-order valence-corrected chi connectivity index (χ2v) is 2.43. The number of aromatic hydroxyl groups is 2. The number of phenols is 2. The molecular formula is C9H14O4. The highest BCUT2D eigenvalue weighted by molar-refractivity contribution is 5.45. The highest BCUT2D eigenvalue weighted by atomic mass is 16.3. The monoisotopic (exact) mass is 186 g/mol. The summed E-state index contributed by atoms with van der Waals surface area (Å²) >= 11 is 0. The van der Waals surface area contributed by atoms with E-state index in [0.717, 1.165) is 0 Å². The van der Waals surface area contributed by atoms with Gasteiger partial charge in [-0.05, 0) is 12.1 Å². The largest absolute Gasteiger partial charge is 0.508 e. The van der Waals surface area contributed by atoms with Crippen molar-refractivity contribution in [3.63, 3.8) is 0 Å². The molecule has 0 bridgehead atoms. The maximum atomic E-state index is 9.28. The van der Waals surface area contributed by atoms with Gasteiger partial charge < -0.3 is 20.4 Å². The molecule has 0 atom stereocenters. The Labute approximate surface area is 76.7 Å². The summed E-state index contributed by atoms with van der Waals surface area (Å²) in [4.78, 5) is 0. The second kappa shape index (κ2) is 4.69. The molecule has 0 heterocycles. The number of aliphatic hydroxyl groups excluding tert-OH is 2. The van der Waals surface area contributed by atoms with E-state index >= 15 is 0 Å². The van der Waals surface area contributed by atoms with Crippen LogP contribution < -0.4 is 0 Å². The molecule has 1 aromatic rings. The predicted molar refractivity (Wildman–Crippen MR) is 48.3 cm³/mol. The molecular weight excluding hydrogens is 172 g/mol. The van der Waals surface area contributed by atoms with E-state index in [1.165, 1.54) is 12.1 Å². The lowest BCUT2D eigenvalue weighted by Crippen LogP contribution is -1.90. The second-order valence-electron chi connectivity index (χ2n) is 2.43. The molecule has 0 radical (unpaired) electrons. The Balaban J connectivity index is 0.00000144. The molecule has 4 heteroatoms. The van der Waals surface area contributed by atoms with Crippen LogP contribution in [0.1, 0.15) is 18.6 Å². The normalized spacial score (nSPS) is 9.38. The van der Waals surface area contributed by atoms with Crippen LogP contribution in [0, 0.1) is 0 Å². The Kier molecular flexibility index (Phi) is 4.23. The number of phenolic OH excluding ortho intramolecular Hbond substituents is 1. The molecule has 1 rings (SSSR count). The Bertz CT molecular complexity index is 258. The Morgan fingerprint density at radius 1 is 0.923 bits per heavy atom. The molecule has 0 aliphatic rings. The van der Waals surface area contributed by atoms with Gasteiger partial charge in [-0.1, -0.05) is 7.43 Å². The topological polar surface area (TPSA) is 80.9 Å². The number of hydrogen-bond donors (Lipinski definition) is 4. The van der Waals surface area contributed by atoms with Gasteiger partial charge in [0.05, 0.1) is 13.2 Å². The van der Waals surface area contributed by atoms with Gasteiger partial charge in [-0.3, -0.25) is 0 Å². The van der Waals surface area contributed by atoms with Crippen LogP contribution in [0.15, 0.2) is 12.1 Å². The van der Waals surface area contributed by atoms with Gasteiger partial charge in [0.1, 0.15) is 11.5 Å². The molecule has 74 valence electrons. The summed E-state index contributed by atoms with van der Waals surface area (Å²) in [6.07, 6.45) is 0. The lowest BCUT2D eigenvalue weighted by atomic mass is 10.1. The highest BCUT2D eigenvalue weighted by Crippen LogP contribution is 2.27. The molecule has 0 unspecified atom stereocenters. The van der Waals surface area contributed by atoms with Crippen molar-refractivity contribution in [1.82, 2.24) is 0 Å².